The third-order valence-corrected chi connectivity index (χ3v) is 4.99. The number of hydrogen-bond donors (Lipinski definition) is 0. The summed E-state index contributed by atoms with van der Waals surface area (Å²) in [5, 5.41) is 0.169. The number of rotatable bonds is 3. The predicted octanol–water partition coefficient (Wildman–Crippen LogP) is 2.44. The average molecular weight is 381 g/mol. The summed E-state index contributed by atoms with van der Waals surface area (Å²) >= 11 is 0. The number of halogens is 1. The molecule has 1 atom stereocenters. The van der Waals surface area contributed by atoms with Gasteiger partial charge in [-0.1, -0.05) is 30.3 Å². The van der Waals surface area contributed by atoms with E-state index in [4.69, 9.17) is 4.74 Å². The van der Waals surface area contributed by atoms with Gasteiger partial charge in [-0.2, -0.15) is 0 Å². The summed E-state index contributed by atoms with van der Waals surface area (Å²) < 4.78 is 20.6. The van der Waals surface area contributed by atoms with Gasteiger partial charge in [0.2, 0.25) is 5.91 Å². The predicted molar refractivity (Wildman–Crippen MR) is 102 cm³/mol. The topological polar surface area (TPSA) is 64.4 Å². The molecule has 2 heterocycles. The van der Waals surface area contributed by atoms with Gasteiger partial charge in [0.05, 0.1) is 24.1 Å². The molecule has 0 spiro atoms. The molecule has 0 aliphatic carbocycles. The first-order valence-electron chi connectivity index (χ1n) is 9.14. The summed E-state index contributed by atoms with van der Waals surface area (Å²) in [5.41, 5.74) is 1.02. The Bertz CT molecular complexity index is 1080. The van der Waals surface area contributed by atoms with Crippen molar-refractivity contribution in [2.24, 2.45) is 0 Å². The lowest BCUT2D eigenvalue weighted by molar-refractivity contribution is -0.139. The van der Waals surface area contributed by atoms with E-state index in [0.29, 0.717) is 31.0 Å². The van der Waals surface area contributed by atoms with Crippen LogP contribution in [0.15, 0.2) is 53.3 Å². The average Bonchev–Trinajstić information content (AvgIpc) is 2.72. The van der Waals surface area contributed by atoms with Gasteiger partial charge in [0, 0.05) is 6.54 Å². The first kappa shape index (κ1) is 18.3. The van der Waals surface area contributed by atoms with Crippen LogP contribution in [0.5, 0.6) is 0 Å². The Morgan fingerprint density at radius 1 is 1.25 bits per heavy atom. The van der Waals surface area contributed by atoms with Crippen LogP contribution in [0.3, 0.4) is 0 Å². The molecule has 4 rings (SSSR count). The number of ether oxygens (including phenoxy) is 1. The number of aromatic nitrogens is 2. The SMILES string of the molecule is Cc1nc2ccc(F)cc2c(=O)n1CC(=O)N1CCO[C@@H](c2ccccc2)C1. The van der Waals surface area contributed by atoms with Crippen molar-refractivity contribution in [3.8, 4) is 0 Å². The van der Waals surface area contributed by atoms with Crippen LogP contribution in [0.2, 0.25) is 0 Å². The van der Waals surface area contributed by atoms with E-state index in [1.54, 1.807) is 11.8 Å². The van der Waals surface area contributed by atoms with Crippen LogP contribution in [0.25, 0.3) is 10.9 Å². The van der Waals surface area contributed by atoms with Crippen LogP contribution in [-0.4, -0.2) is 40.1 Å². The summed E-state index contributed by atoms with van der Waals surface area (Å²) in [6.45, 7) is 2.85. The fourth-order valence-corrected chi connectivity index (χ4v) is 3.47. The summed E-state index contributed by atoms with van der Waals surface area (Å²) in [7, 11) is 0. The first-order chi connectivity index (χ1) is 13.5. The zero-order chi connectivity index (χ0) is 19.7. The Labute approximate surface area is 161 Å². The maximum atomic E-state index is 13.5. The van der Waals surface area contributed by atoms with Crippen molar-refractivity contribution >= 4 is 16.8 Å². The minimum absolute atomic E-state index is 0.133. The Hall–Kier alpha value is -3.06. The van der Waals surface area contributed by atoms with Gasteiger partial charge in [0.25, 0.3) is 5.56 Å². The van der Waals surface area contributed by atoms with Crippen LogP contribution < -0.4 is 5.56 Å². The standard InChI is InChI=1S/C21H20FN3O3/c1-14-23-18-8-7-16(22)11-17(18)21(27)25(14)13-20(26)24-9-10-28-19(12-24)15-5-3-2-4-6-15/h2-8,11,19H,9-10,12-13H2,1H3/t19-/m1/s1. The molecule has 1 aliphatic rings. The summed E-state index contributed by atoms with van der Waals surface area (Å²) in [5.74, 6) is -0.274. The summed E-state index contributed by atoms with van der Waals surface area (Å²) in [6, 6.07) is 13.6. The minimum Gasteiger partial charge on any atom is -0.370 e. The van der Waals surface area contributed by atoms with E-state index in [1.165, 1.54) is 16.7 Å². The Balaban J connectivity index is 1.57. The highest BCUT2D eigenvalue weighted by Crippen LogP contribution is 2.22. The van der Waals surface area contributed by atoms with E-state index in [-0.39, 0.29) is 23.9 Å². The van der Waals surface area contributed by atoms with Crippen LogP contribution in [0.1, 0.15) is 17.5 Å². The van der Waals surface area contributed by atoms with E-state index >= 15 is 0 Å². The number of aryl methyl sites for hydroxylation is 1. The highest BCUT2D eigenvalue weighted by atomic mass is 19.1. The Morgan fingerprint density at radius 3 is 2.82 bits per heavy atom. The van der Waals surface area contributed by atoms with Crippen LogP contribution in [0, 0.1) is 12.7 Å². The molecular formula is C21H20FN3O3. The highest BCUT2D eigenvalue weighted by Gasteiger charge is 2.26. The quantitative estimate of drug-likeness (QED) is 0.699. The molecule has 0 unspecified atom stereocenters. The van der Waals surface area contributed by atoms with Crippen molar-refractivity contribution in [1.82, 2.24) is 14.5 Å². The molecule has 144 valence electrons. The molecule has 6 nitrogen and oxygen atoms in total. The highest BCUT2D eigenvalue weighted by molar-refractivity contribution is 5.79. The molecule has 0 saturated carbocycles. The third kappa shape index (κ3) is 3.53. The van der Waals surface area contributed by atoms with Crippen LogP contribution in [0.4, 0.5) is 4.39 Å². The number of benzene rings is 2. The fourth-order valence-electron chi connectivity index (χ4n) is 3.47. The monoisotopic (exact) mass is 381 g/mol. The van der Waals surface area contributed by atoms with Gasteiger partial charge in [-0.25, -0.2) is 9.37 Å². The van der Waals surface area contributed by atoms with Crippen molar-refractivity contribution in [3.63, 3.8) is 0 Å². The molecule has 1 aliphatic heterocycles. The molecule has 1 saturated heterocycles. The molecule has 7 heteroatoms. The maximum Gasteiger partial charge on any atom is 0.261 e. The van der Waals surface area contributed by atoms with Gasteiger partial charge in [0.15, 0.2) is 0 Å². The maximum absolute atomic E-state index is 13.5. The second-order valence-electron chi connectivity index (χ2n) is 6.82. The van der Waals surface area contributed by atoms with Gasteiger partial charge in [-0.05, 0) is 30.7 Å². The van der Waals surface area contributed by atoms with E-state index in [9.17, 15) is 14.0 Å². The van der Waals surface area contributed by atoms with Crippen molar-refractivity contribution in [2.75, 3.05) is 19.7 Å². The molecular weight excluding hydrogens is 361 g/mol. The molecule has 0 N–H and O–H groups in total. The molecule has 1 aromatic heterocycles. The molecule has 1 amide bonds. The molecule has 3 aromatic rings. The van der Waals surface area contributed by atoms with Crippen molar-refractivity contribution in [3.05, 3.63) is 76.1 Å². The second kappa shape index (κ2) is 7.52. The molecule has 0 radical (unpaired) electrons. The van der Waals surface area contributed by atoms with Gasteiger partial charge >= 0.3 is 0 Å². The zero-order valence-corrected chi connectivity index (χ0v) is 15.5. The Morgan fingerprint density at radius 2 is 2.04 bits per heavy atom. The van der Waals surface area contributed by atoms with E-state index in [0.717, 1.165) is 11.6 Å². The number of fused-ring (bicyclic) bond motifs is 1. The number of morpholine rings is 1. The normalized spacial score (nSPS) is 17.1. The first-order valence-corrected chi connectivity index (χ1v) is 9.14. The lowest BCUT2D eigenvalue weighted by atomic mass is 10.1. The molecule has 28 heavy (non-hydrogen) atoms. The van der Waals surface area contributed by atoms with E-state index in [1.807, 2.05) is 30.3 Å². The van der Waals surface area contributed by atoms with Crippen molar-refractivity contribution in [1.29, 1.82) is 0 Å². The number of hydrogen-bond acceptors (Lipinski definition) is 4. The Kier molecular flexibility index (Phi) is 4.92. The molecule has 1 fully saturated rings. The minimum atomic E-state index is -0.507. The number of carbonyl (C=O) groups is 1. The number of amides is 1. The summed E-state index contributed by atoms with van der Waals surface area (Å²) in [6.07, 6.45) is -0.194. The fraction of sp³-hybridized carbons (Fsp3) is 0.286. The number of carbonyl (C=O) groups excluding carboxylic acids is 1. The third-order valence-electron chi connectivity index (χ3n) is 4.99. The molecule has 2 aromatic carbocycles. The van der Waals surface area contributed by atoms with Gasteiger partial charge in [0.1, 0.15) is 24.3 Å². The van der Waals surface area contributed by atoms with Crippen LogP contribution in [-0.2, 0) is 16.1 Å². The van der Waals surface area contributed by atoms with Crippen molar-refractivity contribution in [2.45, 2.75) is 19.6 Å². The largest absolute Gasteiger partial charge is 0.370 e. The summed E-state index contributed by atoms with van der Waals surface area (Å²) in [4.78, 5) is 31.7. The lowest BCUT2D eigenvalue weighted by Crippen LogP contribution is -2.45. The van der Waals surface area contributed by atoms with E-state index < -0.39 is 11.4 Å². The van der Waals surface area contributed by atoms with Crippen LogP contribution >= 0.6 is 0 Å². The van der Waals surface area contributed by atoms with Gasteiger partial charge < -0.3 is 9.64 Å². The second-order valence-corrected chi connectivity index (χ2v) is 6.82. The zero-order valence-electron chi connectivity index (χ0n) is 15.5. The number of nitrogens with zero attached hydrogens (tertiary/aromatic N) is 3. The lowest BCUT2D eigenvalue weighted by Gasteiger charge is -2.33. The smallest absolute Gasteiger partial charge is 0.261 e. The van der Waals surface area contributed by atoms with Gasteiger partial charge in [-0.15, -0.1) is 0 Å². The van der Waals surface area contributed by atoms with E-state index in [2.05, 4.69) is 4.98 Å². The molecule has 0 bridgehead atoms. The van der Waals surface area contributed by atoms with Gasteiger partial charge in [-0.3, -0.25) is 14.2 Å². The van der Waals surface area contributed by atoms with Crippen molar-refractivity contribution < 1.29 is 13.9 Å².